The van der Waals surface area contributed by atoms with Crippen molar-refractivity contribution in [2.75, 3.05) is 19.0 Å². The molecule has 218 valence electrons. The molecule has 0 radical (unpaired) electrons. The van der Waals surface area contributed by atoms with Crippen LogP contribution in [0.15, 0.2) is 75.6 Å². The predicted octanol–water partition coefficient (Wildman–Crippen LogP) is 3.93. The summed E-state index contributed by atoms with van der Waals surface area (Å²) in [5.41, 5.74) is 1.20. The molecule has 9 nitrogen and oxygen atoms in total. The lowest BCUT2D eigenvalue weighted by Gasteiger charge is -2.06. The van der Waals surface area contributed by atoms with Crippen LogP contribution >= 0.6 is 11.3 Å². The molecule has 4 rings (SSSR count). The topological polar surface area (TPSA) is 130 Å². The Bertz CT molecular complexity index is 1710. The Morgan fingerprint density at radius 1 is 0.810 bits per heavy atom. The van der Waals surface area contributed by atoms with Gasteiger partial charge in [0.1, 0.15) is 16.4 Å². The number of benzene rings is 2. The Kier molecular flexibility index (Phi) is 11.1. The van der Waals surface area contributed by atoms with Crippen LogP contribution in [0.1, 0.15) is 59.3 Å². The van der Waals surface area contributed by atoms with Crippen molar-refractivity contribution >= 4 is 41.1 Å². The van der Waals surface area contributed by atoms with Gasteiger partial charge in [-0.05, 0) is 71.8 Å². The SMILES string of the molecule is COC(=O)CCCCCCCOc1ccc(/C=c2/[nH]c(=O)/c(=C/c3ccc(NC(=O)c4cccs4)cc3)[nH]c2=O)cc1. The van der Waals surface area contributed by atoms with Crippen LogP contribution in [0.25, 0.3) is 12.2 Å². The highest BCUT2D eigenvalue weighted by Crippen LogP contribution is 2.15. The van der Waals surface area contributed by atoms with Crippen molar-refractivity contribution in [3.8, 4) is 5.75 Å². The fourth-order valence-corrected chi connectivity index (χ4v) is 4.77. The molecule has 0 unspecified atom stereocenters. The van der Waals surface area contributed by atoms with E-state index in [9.17, 15) is 19.2 Å². The normalized spacial score (nSPS) is 11.8. The van der Waals surface area contributed by atoms with Crippen molar-refractivity contribution in [1.29, 1.82) is 0 Å². The summed E-state index contributed by atoms with van der Waals surface area (Å²) < 4.78 is 10.4. The van der Waals surface area contributed by atoms with Crippen molar-refractivity contribution in [1.82, 2.24) is 9.97 Å². The Hall–Kier alpha value is -4.70. The third-order valence-electron chi connectivity index (χ3n) is 6.42. The van der Waals surface area contributed by atoms with Crippen LogP contribution in [0.4, 0.5) is 5.69 Å². The van der Waals surface area contributed by atoms with Gasteiger partial charge in [0, 0.05) is 12.1 Å². The molecule has 4 aromatic rings. The van der Waals surface area contributed by atoms with Gasteiger partial charge in [-0.25, -0.2) is 0 Å². The molecule has 0 fully saturated rings. The summed E-state index contributed by atoms with van der Waals surface area (Å²) in [6, 6.07) is 17.8. The zero-order chi connectivity index (χ0) is 29.7. The first-order valence-corrected chi connectivity index (χ1v) is 14.6. The predicted molar refractivity (Wildman–Crippen MR) is 164 cm³/mol. The summed E-state index contributed by atoms with van der Waals surface area (Å²) in [6.45, 7) is 0.595. The lowest BCUT2D eigenvalue weighted by molar-refractivity contribution is -0.140. The molecule has 2 heterocycles. The molecule has 0 aliphatic carbocycles. The smallest absolute Gasteiger partial charge is 0.305 e. The second-order valence-electron chi connectivity index (χ2n) is 9.59. The number of thiophene rings is 1. The van der Waals surface area contributed by atoms with Gasteiger partial charge < -0.3 is 24.8 Å². The number of amides is 1. The summed E-state index contributed by atoms with van der Waals surface area (Å²) >= 11 is 1.36. The molecule has 10 heteroatoms. The van der Waals surface area contributed by atoms with Crippen LogP contribution in [0, 0.1) is 0 Å². The molecule has 0 bridgehead atoms. The minimum Gasteiger partial charge on any atom is -0.494 e. The fourth-order valence-electron chi connectivity index (χ4n) is 4.15. The average molecular weight is 588 g/mol. The van der Waals surface area contributed by atoms with E-state index in [1.165, 1.54) is 18.4 Å². The van der Waals surface area contributed by atoms with Crippen LogP contribution < -0.4 is 31.9 Å². The first-order chi connectivity index (χ1) is 20.4. The van der Waals surface area contributed by atoms with Gasteiger partial charge in [-0.3, -0.25) is 19.2 Å². The third kappa shape index (κ3) is 9.17. The molecule has 0 spiro atoms. The van der Waals surface area contributed by atoms with Gasteiger partial charge in [0.15, 0.2) is 0 Å². The number of methoxy groups -OCH3 is 1. The van der Waals surface area contributed by atoms with Crippen LogP contribution in [-0.4, -0.2) is 35.6 Å². The second-order valence-corrected chi connectivity index (χ2v) is 10.5. The summed E-state index contributed by atoms with van der Waals surface area (Å²) in [6.07, 6.45) is 8.46. The molecule has 2 aromatic heterocycles. The highest BCUT2D eigenvalue weighted by Gasteiger charge is 2.06. The summed E-state index contributed by atoms with van der Waals surface area (Å²) in [4.78, 5) is 54.6. The van der Waals surface area contributed by atoms with E-state index in [1.807, 2.05) is 35.7 Å². The standard InChI is InChI=1S/C32H33N3O6S/c1-40-29(36)9-5-3-2-4-6-18-41-25-16-12-23(13-17-25)21-27-31(38)34-26(30(37)35-27)20-22-10-14-24(15-11-22)33-32(39)28-8-7-19-42-28/h7-8,10-17,19-21H,2-6,9,18H2,1H3,(H,33,39)(H,34,38)(H,35,37)/b26-20-,27-21+. The number of nitrogens with one attached hydrogen (secondary N) is 3. The van der Waals surface area contributed by atoms with Crippen LogP contribution in [0.2, 0.25) is 0 Å². The number of carbonyl (C=O) groups is 2. The number of aromatic nitrogens is 2. The Labute approximate surface area is 246 Å². The molecule has 3 N–H and O–H groups in total. The Balaban J connectivity index is 1.31. The maximum atomic E-state index is 12.7. The molecule has 0 saturated carbocycles. The van der Waals surface area contributed by atoms with Gasteiger partial charge in [0.2, 0.25) is 0 Å². The number of esters is 1. The number of aromatic amines is 2. The van der Waals surface area contributed by atoms with Crippen molar-refractivity contribution in [2.45, 2.75) is 38.5 Å². The highest BCUT2D eigenvalue weighted by molar-refractivity contribution is 7.12. The Morgan fingerprint density at radius 3 is 2.00 bits per heavy atom. The zero-order valence-corrected chi connectivity index (χ0v) is 24.1. The quantitative estimate of drug-likeness (QED) is 0.161. The number of ether oxygens (including phenoxy) is 2. The van der Waals surface area contributed by atoms with Crippen LogP contribution in [0.5, 0.6) is 5.75 Å². The molecule has 42 heavy (non-hydrogen) atoms. The molecule has 0 aliphatic rings. The molecule has 0 saturated heterocycles. The number of rotatable bonds is 13. The lowest BCUT2D eigenvalue weighted by atomic mass is 10.1. The summed E-state index contributed by atoms with van der Waals surface area (Å²) in [5, 5.41) is 4.93. The minimum absolute atomic E-state index is 0.125. The Morgan fingerprint density at radius 2 is 1.40 bits per heavy atom. The molecular formula is C32H33N3O6S. The van der Waals surface area contributed by atoms with Crippen molar-refractivity contribution in [2.24, 2.45) is 0 Å². The van der Waals surface area contributed by atoms with Gasteiger partial charge >= 0.3 is 5.97 Å². The number of hydrogen-bond donors (Lipinski definition) is 3. The summed E-state index contributed by atoms with van der Waals surface area (Å²) in [5.74, 6) is 0.373. The van der Waals surface area contributed by atoms with Crippen LogP contribution in [0.3, 0.4) is 0 Å². The van der Waals surface area contributed by atoms with Gasteiger partial charge in [-0.2, -0.15) is 0 Å². The van der Waals surface area contributed by atoms with Gasteiger partial charge in [-0.15, -0.1) is 11.3 Å². The van der Waals surface area contributed by atoms with Crippen molar-refractivity contribution < 1.29 is 19.1 Å². The molecule has 0 aliphatic heterocycles. The zero-order valence-electron chi connectivity index (χ0n) is 23.3. The average Bonchev–Trinajstić information content (AvgIpc) is 3.54. The van der Waals surface area contributed by atoms with E-state index in [-0.39, 0.29) is 22.6 Å². The lowest BCUT2D eigenvalue weighted by Crippen LogP contribution is -2.46. The van der Waals surface area contributed by atoms with E-state index < -0.39 is 11.1 Å². The maximum absolute atomic E-state index is 12.7. The highest BCUT2D eigenvalue weighted by atomic mass is 32.1. The first kappa shape index (κ1) is 30.3. The van der Waals surface area contributed by atoms with Crippen molar-refractivity contribution in [3.05, 3.63) is 113 Å². The number of H-pyrrole nitrogens is 2. The van der Waals surface area contributed by atoms with Gasteiger partial charge in [0.05, 0.1) is 18.6 Å². The van der Waals surface area contributed by atoms with Gasteiger partial charge in [0.25, 0.3) is 17.0 Å². The number of unbranched alkanes of at least 4 members (excludes halogenated alkanes) is 4. The molecular weight excluding hydrogens is 554 g/mol. The summed E-state index contributed by atoms with van der Waals surface area (Å²) in [7, 11) is 1.41. The monoisotopic (exact) mass is 587 g/mol. The number of carbonyl (C=O) groups excluding carboxylic acids is 2. The number of hydrogen-bond acceptors (Lipinski definition) is 7. The maximum Gasteiger partial charge on any atom is 0.305 e. The molecule has 0 atom stereocenters. The van der Waals surface area contributed by atoms with E-state index in [0.29, 0.717) is 29.2 Å². The third-order valence-corrected chi connectivity index (χ3v) is 7.29. The fraction of sp³-hybridized carbons (Fsp3) is 0.250. The van der Waals surface area contributed by atoms with Crippen molar-refractivity contribution in [3.63, 3.8) is 0 Å². The molecule has 2 aromatic carbocycles. The largest absolute Gasteiger partial charge is 0.494 e. The minimum atomic E-state index is -0.429. The van der Waals surface area contributed by atoms with E-state index in [0.717, 1.165) is 43.4 Å². The number of anilines is 1. The van der Waals surface area contributed by atoms with E-state index >= 15 is 0 Å². The van der Waals surface area contributed by atoms with Crippen LogP contribution in [-0.2, 0) is 9.53 Å². The van der Waals surface area contributed by atoms with E-state index in [1.54, 1.807) is 42.5 Å². The van der Waals surface area contributed by atoms with E-state index in [4.69, 9.17) is 4.74 Å². The van der Waals surface area contributed by atoms with E-state index in [2.05, 4.69) is 20.0 Å². The first-order valence-electron chi connectivity index (χ1n) is 13.7. The van der Waals surface area contributed by atoms with Gasteiger partial charge in [-0.1, -0.05) is 49.6 Å². The second kappa shape index (κ2) is 15.3. The molecule has 1 amide bonds.